The number of rotatable bonds is 7. The van der Waals surface area contributed by atoms with E-state index < -0.39 is 0 Å². The van der Waals surface area contributed by atoms with Crippen LogP contribution in [0.5, 0.6) is 5.75 Å². The van der Waals surface area contributed by atoms with Crippen LogP contribution in [-0.4, -0.2) is 24.7 Å². The molecular formula is C16H22N2OS. The second-order valence-electron chi connectivity index (χ2n) is 4.83. The quantitative estimate of drug-likeness (QED) is 0.850. The predicted octanol–water partition coefficient (Wildman–Crippen LogP) is 3.22. The van der Waals surface area contributed by atoms with Crippen LogP contribution < -0.4 is 10.1 Å². The monoisotopic (exact) mass is 290 g/mol. The first kappa shape index (κ1) is 15.0. The molecule has 0 bridgehead atoms. The Labute approximate surface area is 125 Å². The summed E-state index contributed by atoms with van der Waals surface area (Å²) in [6, 6.07) is 8.61. The van der Waals surface area contributed by atoms with Crippen molar-refractivity contribution >= 4 is 11.3 Å². The number of nitrogens with one attached hydrogen (secondary N) is 1. The first-order chi connectivity index (χ1) is 9.72. The number of aromatic nitrogens is 1. The third-order valence-electron chi connectivity index (χ3n) is 3.27. The lowest BCUT2D eigenvalue weighted by Crippen LogP contribution is -2.33. The average molecular weight is 290 g/mol. The van der Waals surface area contributed by atoms with Gasteiger partial charge in [-0.15, -0.1) is 11.3 Å². The average Bonchev–Trinajstić information content (AvgIpc) is 2.85. The summed E-state index contributed by atoms with van der Waals surface area (Å²) in [4.78, 5) is 4.56. The zero-order valence-corrected chi connectivity index (χ0v) is 13.2. The van der Waals surface area contributed by atoms with Gasteiger partial charge >= 0.3 is 0 Å². The molecule has 20 heavy (non-hydrogen) atoms. The fourth-order valence-corrected chi connectivity index (χ4v) is 3.02. The minimum Gasteiger partial charge on any atom is -0.496 e. The number of hydrogen-bond acceptors (Lipinski definition) is 4. The van der Waals surface area contributed by atoms with E-state index >= 15 is 0 Å². The summed E-state index contributed by atoms with van der Waals surface area (Å²) in [6.45, 7) is 5.15. The van der Waals surface area contributed by atoms with E-state index in [4.69, 9.17) is 4.74 Å². The molecule has 108 valence electrons. The Balaban J connectivity index is 2.08. The maximum Gasteiger partial charge on any atom is 0.122 e. The van der Waals surface area contributed by atoms with Crippen molar-refractivity contribution in [1.82, 2.24) is 10.3 Å². The minimum absolute atomic E-state index is 0.387. The number of thiazole rings is 1. The third kappa shape index (κ3) is 4.05. The highest BCUT2D eigenvalue weighted by Crippen LogP contribution is 2.20. The van der Waals surface area contributed by atoms with Crippen molar-refractivity contribution in [3.8, 4) is 5.75 Å². The van der Waals surface area contributed by atoms with Gasteiger partial charge in [0, 0.05) is 17.8 Å². The zero-order chi connectivity index (χ0) is 14.4. The molecule has 0 fully saturated rings. The molecule has 3 nitrogen and oxygen atoms in total. The minimum atomic E-state index is 0.387. The normalized spacial score (nSPS) is 12.3. The van der Waals surface area contributed by atoms with Gasteiger partial charge in [0.2, 0.25) is 0 Å². The highest BCUT2D eigenvalue weighted by atomic mass is 32.1. The molecule has 0 saturated carbocycles. The van der Waals surface area contributed by atoms with Gasteiger partial charge in [-0.3, -0.25) is 0 Å². The van der Waals surface area contributed by atoms with Crippen LogP contribution in [0.1, 0.15) is 23.2 Å². The smallest absolute Gasteiger partial charge is 0.122 e. The summed E-state index contributed by atoms with van der Waals surface area (Å²) in [5, 5.41) is 6.84. The molecule has 1 atom stereocenters. The zero-order valence-electron chi connectivity index (χ0n) is 12.3. The lowest BCUT2D eigenvalue weighted by atomic mass is 10.0. The van der Waals surface area contributed by atoms with Crippen molar-refractivity contribution < 1.29 is 4.74 Å². The molecule has 0 aliphatic rings. The van der Waals surface area contributed by atoms with Crippen LogP contribution in [0, 0.1) is 6.92 Å². The molecule has 0 aliphatic carbocycles. The number of aryl methyl sites for hydroxylation is 1. The number of hydrogen-bond donors (Lipinski definition) is 1. The molecule has 1 N–H and O–H groups in total. The fourth-order valence-electron chi connectivity index (χ4n) is 2.40. The molecular weight excluding hydrogens is 268 g/mol. The summed E-state index contributed by atoms with van der Waals surface area (Å²) in [5.74, 6) is 0.963. The molecule has 1 unspecified atom stereocenters. The van der Waals surface area contributed by atoms with Crippen LogP contribution in [0.3, 0.4) is 0 Å². The highest BCUT2D eigenvalue weighted by Gasteiger charge is 2.13. The lowest BCUT2D eigenvalue weighted by molar-refractivity contribution is 0.404. The SMILES string of the molecule is CCNC(Cc1csc(C)n1)Cc1ccccc1OC. The van der Waals surface area contributed by atoms with Gasteiger partial charge in [0.05, 0.1) is 17.8 Å². The van der Waals surface area contributed by atoms with Gasteiger partial charge in [-0.1, -0.05) is 25.1 Å². The number of ether oxygens (including phenoxy) is 1. The molecule has 0 spiro atoms. The molecule has 1 aromatic heterocycles. The van der Waals surface area contributed by atoms with E-state index in [1.165, 1.54) is 11.3 Å². The number of likely N-dealkylation sites (N-methyl/N-ethyl adjacent to an activating group) is 1. The maximum absolute atomic E-state index is 5.44. The van der Waals surface area contributed by atoms with E-state index in [-0.39, 0.29) is 0 Å². The Morgan fingerprint density at radius 3 is 2.75 bits per heavy atom. The topological polar surface area (TPSA) is 34.2 Å². The Morgan fingerprint density at radius 2 is 2.10 bits per heavy atom. The first-order valence-electron chi connectivity index (χ1n) is 6.99. The van der Waals surface area contributed by atoms with Crippen molar-refractivity contribution in [2.24, 2.45) is 0 Å². The van der Waals surface area contributed by atoms with Crippen molar-refractivity contribution in [2.45, 2.75) is 32.7 Å². The van der Waals surface area contributed by atoms with Crippen LogP contribution >= 0.6 is 11.3 Å². The molecule has 4 heteroatoms. The van der Waals surface area contributed by atoms with Crippen LogP contribution in [-0.2, 0) is 12.8 Å². The molecule has 0 radical (unpaired) electrons. The summed E-state index contributed by atoms with van der Waals surface area (Å²) in [6.07, 6.45) is 1.91. The summed E-state index contributed by atoms with van der Waals surface area (Å²) >= 11 is 1.71. The Hall–Kier alpha value is -1.39. The van der Waals surface area contributed by atoms with Gasteiger partial charge in [-0.25, -0.2) is 4.98 Å². The number of methoxy groups -OCH3 is 1. The van der Waals surface area contributed by atoms with Crippen LogP contribution in [0.4, 0.5) is 0 Å². The van der Waals surface area contributed by atoms with Crippen LogP contribution in [0.25, 0.3) is 0 Å². The van der Waals surface area contributed by atoms with E-state index in [9.17, 15) is 0 Å². The first-order valence-corrected chi connectivity index (χ1v) is 7.87. The Kier molecular flexibility index (Phi) is 5.56. The summed E-state index contributed by atoms with van der Waals surface area (Å²) in [5.41, 5.74) is 2.42. The Morgan fingerprint density at radius 1 is 1.30 bits per heavy atom. The van der Waals surface area contributed by atoms with Crippen LogP contribution in [0.2, 0.25) is 0 Å². The highest BCUT2D eigenvalue weighted by molar-refractivity contribution is 7.09. The molecule has 0 amide bonds. The predicted molar refractivity (Wildman–Crippen MR) is 84.7 cm³/mol. The number of benzene rings is 1. The van der Waals surface area contributed by atoms with E-state index in [1.807, 2.05) is 12.1 Å². The maximum atomic E-state index is 5.44. The molecule has 1 heterocycles. The second-order valence-corrected chi connectivity index (χ2v) is 5.89. The summed E-state index contributed by atoms with van der Waals surface area (Å²) < 4.78 is 5.44. The Bertz CT molecular complexity index is 539. The largest absolute Gasteiger partial charge is 0.496 e. The molecule has 2 rings (SSSR count). The number of nitrogens with zero attached hydrogens (tertiary/aromatic N) is 1. The van der Waals surface area contributed by atoms with Crippen molar-refractivity contribution in [3.05, 3.63) is 45.9 Å². The van der Waals surface area contributed by atoms with Gasteiger partial charge < -0.3 is 10.1 Å². The lowest BCUT2D eigenvalue weighted by Gasteiger charge is -2.18. The summed E-state index contributed by atoms with van der Waals surface area (Å²) in [7, 11) is 1.73. The van der Waals surface area contributed by atoms with E-state index in [1.54, 1.807) is 18.4 Å². The standard InChI is InChI=1S/C16H22N2OS/c1-4-17-14(10-15-11-20-12(2)18-15)9-13-7-5-6-8-16(13)19-3/h5-8,11,14,17H,4,9-10H2,1-3H3. The molecule has 0 aliphatic heterocycles. The van der Waals surface area contributed by atoms with E-state index in [0.29, 0.717) is 6.04 Å². The van der Waals surface area contributed by atoms with Crippen LogP contribution in [0.15, 0.2) is 29.6 Å². The molecule has 2 aromatic rings. The van der Waals surface area contributed by atoms with E-state index in [0.717, 1.165) is 30.1 Å². The second kappa shape index (κ2) is 7.41. The molecule has 1 aromatic carbocycles. The number of para-hydroxylation sites is 1. The van der Waals surface area contributed by atoms with Crippen molar-refractivity contribution in [1.29, 1.82) is 0 Å². The van der Waals surface area contributed by atoms with Gasteiger partial charge in [0.25, 0.3) is 0 Å². The van der Waals surface area contributed by atoms with E-state index in [2.05, 4.69) is 41.7 Å². The van der Waals surface area contributed by atoms with Crippen molar-refractivity contribution in [2.75, 3.05) is 13.7 Å². The fraction of sp³-hybridized carbons (Fsp3) is 0.438. The van der Waals surface area contributed by atoms with Crippen molar-refractivity contribution in [3.63, 3.8) is 0 Å². The van der Waals surface area contributed by atoms with Gasteiger partial charge in [0.15, 0.2) is 0 Å². The molecule has 0 saturated heterocycles. The van der Waals surface area contributed by atoms with Gasteiger partial charge in [0.1, 0.15) is 5.75 Å². The third-order valence-corrected chi connectivity index (χ3v) is 4.10. The van der Waals surface area contributed by atoms with Gasteiger partial charge in [-0.05, 0) is 31.5 Å². The van der Waals surface area contributed by atoms with Gasteiger partial charge in [-0.2, -0.15) is 0 Å².